The van der Waals surface area contributed by atoms with Gasteiger partial charge in [-0.1, -0.05) is 60.7 Å². The molecule has 0 amide bonds. The molecule has 0 atom stereocenters. The van der Waals surface area contributed by atoms with Crippen LogP contribution in [-0.4, -0.2) is 36.4 Å². The lowest BCUT2D eigenvalue weighted by molar-refractivity contribution is 0.403. The van der Waals surface area contributed by atoms with Gasteiger partial charge in [0.25, 0.3) is 0 Å². The molecule has 3 rings (SSSR count). The number of aromatic hydroxyl groups is 2. The number of phenolic OH excluding ortho intramolecular Hbond substituents is 2. The van der Waals surface area contributed by atoms with Gasteiger partial charge in [0.15, 0.2) is 11.5 Å². The van der Waals surface area contributed by atoms with Crippen molar-refractivity contribution in [3.05, 3.63) is 95.1 Å². The van der Waals surface area contributed by atoms with E-state index in [-0.39, 0.29) is 11.5 Å². The molecule has 158 valence electrons. The van der Waals surface area contributed by atoms with Crippen molar-refractivity contribution in [3.63, 3.8) is 0 Å². The topological polar surface area (TPSA) is 64.5 Å². The van der Waals surface area contributed by atoms with Gasteiger partial charge in [-0.25, -0.2) is 0 Å². The third kappa shape index (κ3) is 7.21. The average Bonchev–Trinajstić information content (AvgIpc) is 2.77. The SMILES string of the molecule is Oc1ccc(CCNCCc2ccccc2CCNCCc2ccccc2)cc1O. The monoisotopic (exact) mass is 404 g/mol. The van der Waals surface area contributed by atoms with E-state index in [2.05, 4.69) is 65.2 Å². The van der Waals surface area contributed by atoms with E-state index in [9.17, 15) is 10.2 Å². The Balaban J connectivity index is 1.34. The van der Waals surface area contributed by atoms with Crippen LogP contribution in [0.3, 0.4) is 0 Å². The Morgan fingerprint density at radius 3 is 1.63 bits per heavy atom. The van der Waals surface area contributed by atoms with E-state index in [1.54, 1.807) is 6.07 Å². The van der Waals surface area contributed by atoms with Crippen LogP contribution in [0.1, 0.15) is 22.3 Å². The molecule has 3 aromatic carbocycles. The van der Waals surface area contributed by atoms with Gasteiger partial charge >= 0.3 is 0 Å². The molecule has 0 bridgehead atoms. The summed E-state index contributed by atoms with van der Waals surface area (Å²) >= 11 is 0. The molecule has 0 aromatic heterocycles. The molecule has 0 spiro atoms. The second-order valence-electron chi connectivity index (χ2n) is 7.58. The number of rotatable bonds is 12. The number of benzene rings is 3. The normalized spacial score (nSPS) is 10.9. The molecule has 4 N–H and O–H groups in total. The Morgan fingerprint density at radius 2 is 1.03 bits per heavy atom. The van der Waals surface area contributed by atoms with E-state index >= 15 is 0 Å². The van der Waals surface area contributed by atoms with Gasteiger partial charge in [0.05, 0.1) is 0 Å². The van der Waals surface area contributed by atoms with Crippen LogP contribution in [0.25, 0.3) is 0 Å². The van der Waals surface area contributed by atoms with Crippen molar-refractivity contribution in [2.24, 2.45) is 0 Å². The summed E-state index contributed by atoms with van der Waals surface area (Å²) in [7, 11) is 0. The van der Waals surface area contributed by atoms with E-state index in [0.717, 1.165) is 57.4 Å². The highest BCUT2D eigenvalue weighted by Crippen LogP contribution is 2.24. The summed E-state index contributed by atoms with van der Waals surface area (Å²) in [5, 5.41) is 26.0. The fourth-order valence-corrected chi connectivity index (χ4v) is 3.58. The highest BCUT2D eigenvalue weighted by atomic mass is 16.3. The largest absolute Gasteiger partial charge is 0.504 e. The van der Waals surface area contributed by atoms with Crippen molar-refractivity contribution in [2.45, 2.75) is 25.7 Å². The molecule has 0 radical (unpaired) electrons. The molecule has 0 saturated carbocycles. The Morgan fingerprint density at radius 1 is 0.500 bits per heavy atom. The Kier molecular flexibility index (Phi) is 8.76. The van der Waals surface area contributed by atoms with E-state index in [4.69, 9.17) is 0 Å². The lowest BCUT2D eigenvalue weighted by Crippen LogP contribution is -2.22. The second-order valence-corrected chi connectivity index (χ2v) is 7.58. The van der Waals surface area contributed by atoms with Gasteiger partial charge in [-0.05, 0) is 86.2 Å². The minimum Gasteiger partial charge on any atom is -0.504 e. The van der Waals surface area contributed by atoms with Crippen LogP contribution in [0, 0.1) is 0 Å². The highest BCUT2D eigenvalue weighted by molar-refractivity contribution is 5.40. The van der Waals surface area contributed by atoms with Gasteiger partial charge in [-0.3, -0.25) is 0 Å². The predicted octanol–water partition coefficient (Wildman–Crippen LogP) is 3.85. The average molecular weight is 405 g/mol. The van der Waals surface area contributed by atoms with Crippen molar-refractivity contribution < 1.29 is 10.2 Å². The van der Waals surface area contributed by atoms with Gasteiger partial charge in [0, 0.05) is 0 Å². The van der Waals surface area contributed by atoms with Crippen LogP contribution in [0.15, 0.2) is 72.8 Å². The van der Waals surface area contributed by atoms with E-state index in [1.807, 2.05) is 6.07 Å². The Labute approximate surface area is 179 Å². The summed E-state index contributed by atoms with van der Waals surface area (Å²) < 4.78 is 0. The number of hydrogen-bond donors (Lipinski definition) is 4. The van der Waals surface area contributed by atoms with E-state index < -0.39 is 0 Å². The quantitative estimate of drug-likeness (QED) is 0.274. The molecule has 0 saturated heterocycles. The van der Waals surface area contributed by atoms with Gasteiger partial charge in [0.1, 0.15) is 0 Å². The molecule has 0 aliphatic rings. The van der Waals surface area contributed by atoms with Crippen LogP contribution in [-0.2, 0) is 25.7 Å². The summed E-state index contributed by atoms with van der Waals surface area (Å²) in [6, 6.07) is 24.3. The summed E-state index contributed by atoms with van der Waals surface area (Å²) in [6.07, 6.45) is 3.92. The molecular weight excluding hydrogens is 372 g/mol. The molecule has 30 heavy (non-hydrogen) atoms. The molecule has 3 aromatic rings. The second kappa shape index (κ2) is 12.0. The molecular formula is C26H32N2O2. The zero-order valence-electron chi connectivity index (χ0n) is 17.5. The standard InChI is InChI=1S/C26H32N2O2/c29-25-11-10-22(20-26(25)30)13-17-28-19-15-24-9-5-4-8-23(24)14-18-27-16-12-21-6-2-1-3-7-21/h1-11,20,27-30H,12-19H2. The number of phenols is 2. The van der Waals surface area contributed by atoms with Crippen molar-refractivity contribution in [2.75, 3.05) is 26.2 Å². The zero-order valence-corrected chi connectivity index (χ0v) is 17.5. The van der Waals surface area contributed by atoms with Gasteiger partial charge in [-0.15, -0.1) is 0 Å². The number of nitrogens with one attached hydrogen (secondary N) is 2. The predicted molar refractivity (Wildman–Crippen MR) is 123 cm³/mol. The lowest BCUT2D eigenvalue weighted by atomic mass is 10.0. The fourth-order valence-electron chi connectivity index (χ4n) is 3.58. The summed E-state index contributed by atoms with van der Waals surface area (Å²) in [4.78, 5) is 0. The highest BCUT2D eigenvalue weighted by Gasteiger charge is 2.03. The van der Waals surface area contributed by atoms with Gasteiger partial charge in [0.2, 0.25) is 0 Å². The molecule has 4 heteroatoms. The van der Waals surface area contributed by atoms with Crippen molar-refractivity contribution in [1.29, 1.82) is 0 Å². The first-order valence-corrected chi connectivity index (χ1v) is 10.8. The molecule has 0 aliphatic carbocycles. The van der Waals surface area contributed by atoms with Crippen LogP contribution in [0.5, 0.6) is 11.5 Å². The summed E-state index contributed by atoms with van der Waals surface area (Å²) in [5.41, 5.74) is 5.20. The minimum absolute atomic E-state index is 0.0567. The molecule has 0 unspecified atom stereocenters. The van der Waals surface area contributed by atoms with Crippen LogP contribution in [0.4, 0.5) is 0 Å². The maximum Gasteiger partial charge on any atom is 0.157 e. The Bertz CT molecular complexity index is 897. The first-order chi connectivity index (χ1) is 14.7. The first kappa shape index (κ1) is 21.9. The smallest absolute Gasteiger partial charge is 0.157 e. The van der Waals surface area contributed by atoms with Crippen LogP contribution < -0.4 is 10.6 Å². The van der Waals surface area contributed by atoms with E-state index in [0.29, 0.717) is 0 Å². The maximum atomic E-state index is 9.57. The summed E-state index contributed by atoms with van der Waals surface area (Å²) in [5.74, 6) is -0.128. The summed E-state index contributed by atoms with van der Waals surface area (Å²) in [6.45, 7) is 3.75. The van der Waals surface area contributed by atoms with E-state index in [1.165, 1.54) is 22.8 Å². The third-order valence-electron chi connectivity index (χ3n) is 5.32. The molecule has 0 heterocycles. The first-order valence-electron chi connectivity index (χ1n) is 10.8. The molecule has 0 fully saturated rings. The van der Waals surface area contributed by atoms with Gasteiger partial charge < -0.3 is 20.8 Å². The van der Waals surface area contributed by atoms with Crippen LogP contribution >= 0.6 is 0 Å². The van der Waals surface area contributed by atoms with Crippen molar-refractivity contribution in [1.82, 2.24) is 10.6 Å². The van der Waals surface area contributed by atoms with Crippen LogP contribution in [0.2, 0.25) is 0 Å². The minimum atomic E-state index is -0.0714. The fraction of sp³-hybridized carbons (Fsp3) is 0.308. The molecule has 4 nitrogen and oxygen atoms in total. The van der Waals surface area contributed by atoms with Crippen molar-refractivity contribution >= 4 is 0 Å². The Hall–Kier alpha value is -2.82. The van der Waals surface area contributed by atoms with Gasteiger partial charge in [-0.2, -0.15) is 0 Å². The third-order valence-corrected chi connectivity index (χ3v) is 5.32. The maximum absolute atomic E-state index is 9.57. The lowest BCUT2D eigenvalue weighted by Gasteiger charge is -2.11. The van der Waals surface area contributed by atoms with Crippen molar-refractivity contribution in [3.8, 4) is 11.5 Å². The molecule has 0 aliphatic heterocycles. The number of hydrogen-bond acceptors (Lipinski definition) is 4. The zero-order chi connectivity index (χ0) is 21.0.